The second-order valence-electron chi connectivity index (χ2n) is 10.0. The third-order valence-electron chi connectivity index (χ3n) is 6.91. The fraction of sp³-hybridized carbons (Fsp3) is 0.188. The lowest BCUT2D eigenvalue weighted by Crippen LogP contribution is -2.19. The van der Waals surface area contributed by atoms with Crippen LogP contribution in [0.2, 0.25) is 0 Å². The number of pyridine rings is 2. The Morgan fingerprint density at radius 2 is 1.42 bits per heavy atom. The number of benzene rings is 2. The van der Waals surface area contributed by atoms with Crippen LogP contribution >= 0.6 is 0 Å². The first-order chi connectivity index (χ1) is 20.9. The Labute approximate surface area is 246 Å². The minimum absolute atomic E-state index is 0.285. The van der Waals surface area contributed by atoms with Crippen molar-refractivity contribution in [2.24, 2.45) is 0 Å². The molecule has 1 aliphatic rings. The molecule has 0 atom stereocenters. The summed E-state index contributed by atoms with van der Waals surface area (Å²) in [5.74, 6) is 0.400. The number of hydrogen-bond donors (Lipinski definition) is 1. The van der Waals surface area contributed by atoms with E-state index in [9.17, 15) is 14.0 Å². The first kappa shape index (κ1) is 27.9. The van der Waals surface area contributed by atoms with Crippen LogP contribution in [0.25, 0.3) is 28.0 Å². The van der Waals surface area contributed by atoms with Gasteiger partial charge in [0.1, 0.15) is 36.2 Å². The van der Waals surface area contributed by atoms with Crippen molar-refractivity contribution in [2.45, 2.75) is 0 Å². The topological polar surface area (TPSA) is 107 Å². The molecule has 0 radical (unpaired) electrons. The zero-order valence-electron chi connectivity index (χ0n) is 23.5. The van der Waals surface area contributed by atoms with Crippen molar-refractivity contribution in [3.05, 3.63) is 96.2 Å². The average Bonchev–Trinajstić information content (AvgIpc) is 3.56. The molecule has 0 unspecified atom stereocenters. The Balaban J connectivity index is 0.987. The predicted octanol–water partition coefficient (Wildman–Crippen LogP) is 4.63. The van der Waals surface area contributed by atoms with Crippen molar-refractivity contribution in [1.82, 2.24) is 19.7 Å². The van der Waals surface area contributed by atoms with Crippen LogP contribution in [-0.2, 0) is 4.74 Å². The van der Waals surface area contributed by atoms with Gasteiger partial charge < -0.3 is 23.5 Å². The van der Waals surface area contributed by atoms with Crippen molar-refractivity contribution >= 4 is 23.3 Å². The first-order valence-corrected chi connectivity index (χ1v) is 13.6. The summed E-state index contributed by atoms with van der Waals surface area (Å²) in [6.07, 6.45) is 3.77. The van der Waals surface area contributed by atoms with Crippen LogP contribution < -0.4 is 19.7 Å². The molecule has 10 nitrogen and oxygen atoms in total. The van der Waals surface area contributed by atoms with Crippen LogP contribution in [0.5, 0.6) is 11.5 Å². The van der Waals surface area contributed by atoms with Gasteiger partial charge in [0.15, 0.2) is 0 Å². The van der Waals surface area contributed by atoms with E-state index in [2.05, 4.69) is 10.3 Å². The van der Waals surface area contributed by atoms with Gasteiger partial charge in [-0.15, -0.1) is 0 Å². The Morgan fingerprint density at radius 3 is 2.16 bits per heavy atom. The molecule has 5 aromatic rings. The second-order valence-corrected chi connectivity index (χ2v) is 10.0. The minimum Gasteiger partial charge on any atom is -0.491 e. The van der Waals surface area contributed by atoms with Gasteiger partial charge in [-0.3, -0.25) is 14.9 Å². The van der Waals surface area contributed by atoms with E-state index in [0.29, 0.717) is 53.8 Å². The summed E-state index contributed by atoms with van der Waals surface area (Å²) < 4.78 is 33.5. The van der Waals surface area contributed by atoms with E-state index in [-0.39, 0.29) is 6.61 Å². The van der Waals surface area contributed by atoms with Gasteiger partial charge in [-0.1, -0.05) is 24.3 Å². The molecule has 2 amide bonds. The molecule has 0 aliphatic carbocycles. The maximum Gasteiger partial charge on any atom is 0.259 e. The van der Waals surface area contributed by atoms with Crippen LogP contribution in [0.1, 0.15) is 20.7 Å². The Kier molecular flexibility index (Phi) is 7.71. The van der Waals surface area contributed by atoms with Crippen molar-refractivity contribution in [3.63, 3.8) is 0 Å². The maximum atomic E-state index is 14.6. The number of nitrogens with one attached hydrogen (secondary N) is 1. The van der Waals surface area contributed by atoms with E-state index in [0.717, 1.165) is 22.5 Å². The molecule has 2 aromatic carbocycles. The van der Waals surface area contributed by atoms with E-state index < -0.39 is 17.8 Å². The molecule has 0 saturated carbocycles. The lowest BCUT2D eigenvalue weighted by Gasteiger charge is -2.12. The molecule has 218 valence electrons. The number of halogens is 1. The number of anilines is 1. The third kappa shape index (κ3) is 6.02. The summed E-state index contributed by atoms with van der Waals surface area (Å²) in [5, 5.41) is 2.25. The Hall–Kier alpha value is -5.29. The van der Waals surface area contributed by atoms with Crippen molar-refractivity contribution in [3.8, 4) is 33.9 Å². The number of ether oxygens (including phenoxy) is 3. The Bertz CT molecular complexity index is 1820. The Morgan fingerprint density at radius 1 is 0.744 bits per heavy atom. The summed E-state index contributed by atoms with van der Waals surface area (Å²) in [6, 6.07) is 19.6. The van der Waals surface area contributed by atoms with Crippen molar-refractivity contribution < 1.29 is 28.2 Å². The quantitative estimate of drug-likeness (QED) is 0.137. The minimum atomic E-state index is -0.510. The summed E-state index contributed by atoms with van der Waals surface area (Å²) in [5.41, 5.74) is 4.30. The van der Waals surface area contributed by atoms with Gasteiger partial charge in [-0.2, -0.15) is 4.39 Å². The number of imide groups is 1. The molecular formula is C32H28FN5O5. The fourth-order valence-electron chi connectivity index (χ4n) is 4.68. The van der Waals surface area contributed by atoms with Gasteiger partial charge >= 0.3 is 0 Å². The predicted molar refractivity (Wildman–Crippen MR) is 158 cm³/mol. The van der Waals surface area contributed by atoms with Crippen molar-refractivity contribution in [2.75, 3.05) is 45.4 Å². The van der Waals surface area contributed by atoms with Crippen LogP contribution in [0.15, 0.2) is 79.1 Å². The highest BCUT2D eigenvalue weighted by molar-refractivity contribution is 6.21. The van der Waals surface area contributed by atoms with E-state index in [1.807, 2.05) is 67.3 Å². The summed E-state index contributed by atoms with van der Waals surface area (Å²) in [6.45, 7) is 1.32. The standard InChI is InChI=1S/C32H28FN5O5/c1-37(2)28-12-10-24(30(33)35-28)20-3-5-21(6-4-20)27-19-38-18-23(8-11-29(38)34-27)43-16-14-41-13-15-42-22-7-9-25-26(17-22)32(40)36-31(25)39/h3-12,17-19H,13-16H2,1-2H3,(H,36,39,40). The molecule has 0 bridgehead atoms. The molecule has 43 heavy (non-hydrogen) atoms. The first-order valence-electron chi connectivity index (χ1n) is 13.6. The lowest BCUT2D eigenvalue weighted by atomic mass is 10.0. The zero-order valence-corrected chi connectivity index (χ0v) is 23.5. The lowest BCUT2D eigenvalue weighted by molar-refractivity contribution is 0.0763. The highest BCUT2D eigenvalue weighted by Crippen LogP contribution is 2.28. The van der Waals surface area contributed by atoms with Gasteiger partial charge in [-0.05, 0) is 48.0 Å². The van der Waals surface area contributed by atoms with E-state index in [1.54, 1.807) is 35.2 Å². The number of aromatic nitrogens is 3. The second kappa shape index (κ2) is 11.9. The SMILES string of the molecule is CN(C)c1ccc(-c2ccc(-c3cn4cc(OCCOCCOc5ccc6c(c5)C(=O)NC6=O)ccc4n3)cc2)c(F)n1. The molecule has 3 aromatic heterocycles. The molecule has 0 spiro atoms. The van der Waals surface area contributed by atoms with Gasteiger partial charge in [0.2, 0.25) is 5.95 Å². The molecule has 1 N–H and O–H groups in total. The number of carbonyl (C=O) groups is 2. The third-order valence-corrected chi connectivity index (χ3v) is 6.91. The summed E-state index contributed by atoms with van der Waals surface area (Å²) >= 11 is 0. The van der Waals surface area contributed by atoms with E-state index in [4.69, 9.17) is 19.2 Å². The molecule has 1 aliphatic heterocycles. The number of rotatable bonds is 11. The highest BCUT2D eigenvalue weighted by atomic mass is 19.1. The largest absolute Gasteiger partial charge is 0.491 e. The number of fused-ring (bicyclic) bond motifs is 2. The van der Waals surface area contributed by atoms with Gasteiger partial charge in [0.25, 0.3) is 11.8 Å². The van der Waals surface area contributed by atoms with E-state index >= 15 is 0 Å². The van der Waals surface area contributed by atoms with Gasteiger partial charge in [0, 0.05) is 31.4 Å². The summed E-state index contributed by atoms with van der Waals surface area (Å²) in [4.78, 5) is 33.9. The van der Waals surface area contributed by atoms with Crippen LogP contribution in [0.3, 0.4) is 0 Å². The number of nitrogens with zero attached hydrogens (tertiary/aromatic N) is 4. The molecule has 0 saturated heterocycles. The number of imidazole rings is 1. The van der Waals surface area contributed by atoms with Gasteiger partial charge in [-0.25, -0.2) is 9.97 Å². The van der Waals surface area contributed by atoms with Crippen LogP contribution in [0, 0.1) is 5.95 Å². The van der Waals surface area contributed by atoms with Gasteiger partial charge in [0.05, 0.1) is 36.2 Å². The highest BCUT2D eigenvalue weighted by Gasteiger charge is 2.26. The monoisotopic (exact) mass is 581 g/mol. The molecule has 11 heteroatoms. The fourth-order valence-corrected chi connectivity index (χ4v) is 4.68. The molecule has 0 fully saturated rings. The van der Waals surface area contributed by atoms with Crippen LogP contribution in [0.4, 0.5) is 10.2 Å². The van der Waals surface area contributed by atoms with Crippen LogP contribution in [-0.4, -0.2) is 66.7 Å². The maximum absolute atomic E-state index is 14.6. The molecular weight excluding hydrogens is 553 g/mol. The smallest absolute Gasteiger partial charge is 0.259 e. The zero-order chi connectivity index (χ0) is 29.9. The number of carbonyl (C=O) groups excluding carboxylic acids is 2. The number of hydrogen-bond acceptors (Lipinski definition) is 8. The normalized spacial score (nSPS) is 12.3. The number of amides is 2. The van der Waals surface area contributed by atoms with E-state index in [1.165, 1.54) is 0 Å². The summed E-state index contributed by atoms with van der Waals surface area (Å²) in [7, 11) is 3.64. The average molecular weight is 582 g/mol. The molecule has 4 heterocycles. The molecule has 6 rings (SSSR count). The van der Waals surface area contributed by atoms with Crippen molar-refractivity contribution in [1.29, 1.82) is 0 Å².